The van der Waals surface area contributed by atoms with Crippen LogP contribution in [-0.2, 0) is 17.6 Å². The molecule has 1 aliphatic carbocycles. The lowest BCUT2D eigenvalue weighted by Crippen LogP contribution is -2.22. The molecule has 1 aliphatic rings. The highest BCUT2D eigenvalue weighted by atomic mass is 16.5. The number of hydrogen-bond donors (Lipinski definition) is 1. The molecule has 0 aliphatic heterocycles. The Bertz CT molecular complexity index is 314. The second-order valence-electron chi connectivity index (χ2n) is 3.34. The van der Waals surface area contributed by atoms with E-state index in [1.54, 1.807) is 7.11 Å². The Morgan fingerprint density at radius 1 is 1.54 bits per heavy atom. The zero-order chi connectivity index (χ0) is 9.26. The van der Waals surface area contributed by atoms with Crippen molar-refractivity contribution in [2.45, 2.75) is 25.4 Å². The van der Waals surface area contributed by atoms with Crippen molar-refractivity contribution in [2.24, 2.45) is 0 Å². The Kier molecular flexibility index (Phi) is 2.14. The molecule has 0 amide bonds. The number of anilines is 1. The Morgan fingerprint density at radius 2 is 2.38 bits per heavy atom. The normalized spacial score (nSPS) is 21.2. The SMILES string of the molecule is COC1CCc2nnc(N)cc2C1. The van der Waals surface area contributed by atoms with Crippen LogP contribution in [0.25, 0.3) is 0 Å². The van der Waals surface area contributed by atoms with E-state index in [4.69, 9.17) is 10.5 Å². The average Bonchev–Trinajstić information content (AvgIpc) is 2.16. The van der Waals surface area contributed by atoms with Crippen molar-refractivity contribution in [1.82, 2.24) is 10.2 Å². The van der Waals surface area contributed by atoms with E-state index >= 15 is 0 Å². The molecule has 4 nitrogen and oxygen atoms in total. The van der Waals surface area contributed by atoms with Crippen LogP contribution in [0, 0.1) is 0 Å². The van der Waals surface area contributed by atoms with Crippen LogP contribution in [0.2, 0.25) is 0 Å². The summed E-state index contributed by atoms with van der Waals surface area (Å²) in [6, 6.07) is 1.90. The summed E-state index contributed by atoms with van der Waals surface area (Å²) in [5.74, 6) is 0.496. The van der Waals surface area contributed by atoms with E-state index in [2.05, 4.69) is 10.2 Å². The van der Waals surface area contributed by atoms with Crippen molar-refractivity contribution in [1.29, 1.82) is 0 Å². The number of ether oxygens (including phenoxy) is 1. The summed E-state index contributed by atoms with van der Waals surface area (Å²) >= 11 is 0. The Balaban J connectivity index is 2.27. The summed E-state index contributed by atoms with van der Waals surface area (Å²) in [7, 11) is 1.74. The molecule has 1 aromatic heterocycles. The standard InChI is InChI=1S/C9H13N3O/c1-13-7-2-3-8-6(4-7)5-9(10)12-11-8/h5,7H,2-4H2,1H3,(H2,10,12). The minimum absolute atomic E-state index is 0.316. The molecule has 2 N–H and O–H groups in total. The molecule has 0 aromatic carbocycles. The van der Waals surface area contributed by atoms with Gasteiger partial charge in [0.1, 0.15) is 5.82 Å². The van der Waals surface area contributed by atoms with Crippen molar-refractivity contribution >= 4 is 5.82 Å². The van der Waals surface area contributed by atoms with Crippen LogP contribution < -0.4 is 5.73 Å². The van der Waals surface area contributed by atoms with Crippen molar-refractivity contribution < 1.29 is 4.74 Å². The minimum atomic E-state index is 0.316. The minimum Gasteiger partial charge on any atom is -0.382 e. The molecule has 1 heterocycles. The third kappa shape index (κ3) is 1.62. The van der Waals surface area contributed by atoms with Gasteiger partial charge >= 0.3 is 0 Å². The van der Waals surface area contributed by atoms with Crippen LogP contribution in [0.4, 0.5) is 5.82 Å². The first-order chi connectivity index (χ1) is 6.29. The Hall–Kier alpha value is -1.16. The van der Waals surface area contributed by atoms with Gasteiger partial charge in [-0.25, -0.2) is 0 Å². The lowest BCUT2D eigenvalue weighted by molar-refractivity contribution is 0.0904. The summed E-state index contributed by atoms with van der Waals surface area (Å²) in [5.41, 5.74) is 7.81. The summed E-state index contributed by atoms with van der Waals surface area (Å²) in [5, 5.41) is 7.89. The van der Waals surface area contributed by atoms with E-state index in [9.17, 15) is 0 Å². The fourth-order valence-electron chi connectivity index (χ4n) is 1.71. The predicted molar refractivity (Wildman–Crippen MR) is 49.3 cm³/mol. The van der Waals surface area contributed by atoms with Gasteiger partial charge in [-0.05, 0) is 24.5 Å². The largest absolute Gasteiger partial charge is 0.382 e. The summed E-state index contributed by atoms with van der Waals surface area (Å²) < 4.78 is 5.30. The van der Waals surface area contributed by atoms with Crippen LogP contribution in [0.1, 0.15) is 17.7 Å². The fourth-order valence-corrected chi connectivity index (χ4v) is 1.71. The molecule has 0 spiro atoms. The van der Waals surface area contributed by atoms with Gasteiger partial charge in [0.25, 0.3) is 0 Å². The first-order valence-corrected chi connectivity index (χ1v) is 4.43. The fraction of sp³-hybridized carbons (Fsp3) is 0.556. The maximum atomic E-state index is 5.55. The number of fused-ring (bicyclic) bond motifs is 1. The number of aryl methyl sites for hydroxylation is 1. The van der Waals surface area contributed by atoms with Crippen LogP contribution in [-0.4, -0.2) is 23.4 Å². The maximum Gasteiger partial charge on any atom is 0.146 e. The number of aromatic nitrogens is 2. The second kappa shape index (κ2) is 3.30. The molecular weight excluding hydrogens is 166 g/mol. The number of nitrogens with zero attached hydrogens (tertiary/aromatic N) is 2. The van der Waals surface area contributed by atoms with Crippen molar-refractivity contribution in [3.63, 3.8) is 0 Å². The van der Waals surface area contributed by atoms with Gasteiger partial charge in [-0.2, -0.15) is 5.10 Å². The number of nitrogen functional groups attached to an aromatic ring is 1. The number of nitrogens with two attached hydrogens (primary N) is 1. The summed E-state index contributed by atoms with van der Waals surface area (Å²) in [6.45, 7) is 0. The van der Waals surface area contributed by atoms with Crippen molar-refractivity contribution in [2.75, 3.05) is 12.8 Å². The molecule has 1 atom stereocenters. The van der Waals surface area contributed by atoms with Crippen LogP contribution in [0.5, 0.6) is 0 Å². The molecule has 2 rings (SSSR count). The molecule has 4 heteroatoms. The number of hydrogen-bond acceptors (Lipinski definition) is 4. The van der Waals surface area contributed by atoms with E-state index in [0.717, 1.165) is 25.0 Å². The third-order valence-electron chi connectivity index (χ3n) is 2.46. The van der Waals surface area contributed by atoms with Gasteiger partial charge < -0.3 is 10.5 Å². The topological polar surface area (TPSA) is 61.0 Å². The van der Waals surface area contributed by atoms with Crippen LogP contribution in [0.3, 0.4) is 0 Å². The van der Waals surface area contributed by atoms with Gasteiger partial charge in [-0.3, -0.25) is 0 Å². The van der Waals surface area contributed by atoms with E-state index in [1.807, 2.05) is 6.07 Å². The highest BCUT2D eigenvalue weighted by Gasteiger charge is 2.19. The van der Waals surface area contributed by atoms with Gasteiger partial charge in [-0.1, -0.05) is 0 Å². The van der Waals surface area contributed by atoms with Crippen molar-refractivity contribution in [3.8, 4) is 0 Å². The number of methoxy groups -OCH3 is 1. The highest BCUT2D eigenvalue weighted by molar-refractivity contribution is 5.34. The zero-order valence-electron chi connectivity index (χ0n) is 7.66. The van der Waals surface area contributed by atoms with Gasteiger partial charge in [0, 0.05) is 13.5 Å². The van der Waals surface area contributed by atoms with E-state index in [-0.39, 0.29) is 0 Å². The van der Waals surface area contributed by atoms with Gasteiger partial charge in [-0.15, -0.1) is 5.10 Å². The molecule has 0 fully saturated rings. The maximum absolute atomic E-state index is 5.55. The quantitative estimate of drug-likeness (QED) is 0.684. The average molecular weight is 179 g/mol. The van der Waals surface area contributed by atoms with Gasteiger partial charge in [0.05, 0.1) is 11.8 Å². The van der Waals surface area contributed by atoms with Crippen LogP contribution >= 0.6 is 0 Å². The number of rotatable bonds is 1. The second-order valence-corrected chi connectivity index (χ2v) is 3.34. The molecule has 0 saturated heterocycles. The first-order valence-electron chi connectivity index (χ1n) is 4.43. The van der Waals surface area contributed by atoms with E-state index in [1.165, 1.54) is 5.56 Å². The molecule has 1 unspecified atom stereocenters. The van der Waals surface area contributed by atoms with Gasteiger partial charge in [0.2, 0.25) is 0 Å². The van der Waals surface area contributed by atoms with Crippen LogP contribution in [0.15, 0.2) is 6.07 Å². The summed E-state index contributed by atoms with van der Waals surface area (Å²) in [4.78, 5) is 0. The zero-order valence-corrected chi connectivity index (χ0v) is 7.66. The lowest BCUT2D eigenvalue weighted by Gasteiger charge is -2.21. The molecule has 0 bridgehead atoms. The van der Waals surface area contributed by atoms with E-state index in [0.29, 0.717) is 11.9 Å². The highest BCUT2D eigenvalue weighted by Crippen LogP contribution is 2.21. The molecule has 13 heavy (non-hydrogen) atoms. The summed E-state index contributed by atoms with van der Waals surface area (Å²) in [6.07, 6.45) is 3.20. The molecule has 0 radical (unpaired) electrons. The first kappa shape index (κ1) is 8.44. The molecule has 70 valence electrons. The molecular formula is C9H13N3O. The van der Waals surface area contributed by atoms with Crippen molar-refractivity contribution in [3.05, 3.63) is 17.3 Å². The van der Waals surface area contributed by atoms with Gasteiger partial charge in [0.15, 0.2) is 0 Å². The predicted octanol–water partition coefficient (Wildman–Crippen LogP) is 0.562. The molecule has 0 saturated carbocycles. The van der Waals surface area contributed by atoms with E-state index < -0.39 is 0 Å². The Labute approximate surface area is 77.1 Å². The Morgan fingerprint density at radius 3 is 3.15 bits per heavy atom. The third-order valence-corrected chi connectivity index (χ3v) is 2.46. The molecule has 1 aromatic rings. The smallest absolute Gasteiger partial charge is 0.146 e. The monoisotopic (exact) mass is 179 g/mol. The lowest BCUT2D eigenvalue weighted by atomic mass is 9.94.